The number of nitrogens with zero attached hydrogens (tertiary/aromatic N) is 2. The van der Waals surface area contributed by atoms with Gasteiger partial charge in [0.1, 0.15) is 6.04 Å². The summed E-state index contributed by atoms with van der Waals surface area (Å²) >= 11 is 7.83. The highest BCUT2D eigenvalue weighted by atomic mass is 35.5. The minimum atomic E-state index is -0.714. The van der Waals surface area contributed by atoms with E-state index in [9.17, 15) is 9.59 Å². The number of carbonyl (C=O) groups is 1. The van der Waals surface area contributed by atoms with Gasteiger partial charge < -0.3 is 4.74 Å². The quantitative estimate of drug-likeness (QED) is 0.492. The van der Waals surface area contributed by atoms with Crippen molar-refractivity contribution >= 4 is 35.0 Å². The largest absolute Gasteiger partial charge is 0.463 e. The molecule has 0 radical (unpaired) electrons. The molecule has 2 heterocycles. The van der Waals surface area contributed by atoms with Gasteiger partial charge in [0.05, 0.1) is 22.4 Å². The zero-order chi connectivity index (χ0) is 24.6. The first-order valence-electron chi connectivity index (χ1n) is 11.2. The lowest BCUT2D eigenvalue weighted by Crippen LogP contribution is -2.40. The average molecular weight is 495 g/mol. The maximum atomic E-state index is 13.6. The maximum absolute atomic E-state index is 13.6. The zero-order valence-corrected chi connectivity index (χ0v) is 21.5. The smallest absolute Gasteiger partial charge is 0.338 e. The summed E-state index contributed by atoms with van der Waals surface area (Å²) in [5, 5.41) is 0.469. The van der Waals surface area contributed by atoms with Crippen LogP contribution >= 0.6 is 22.9 Å². The summed E-state index contributed by atoms with van der Waals surface area (Å²) in [4.78, 5) is 31.7. The normalized spacial score (nSPS) is 16.3. The molecule has 0 N–H and O–H groups in total. The van der Waals surface area contributed by atoms with Crippen molar-refractivity contribution in [2.45, 2.75) is 46.1 Å². The number of ether oxygens (including phenoxy) is 1. The van der Waals surface area contributed by atoms with Crippen LogP contribution in [-0.2, 0) is 14.9 Å². The van der Waals surface area contributed by atoms with E-state index >= 15 is 0 Å². The van der Waals surface area contributed by atoms with Crippen molar-refractivity contribution in [1.82, 2.24) is 4.57 Å². The predicted octanol–water partition coefficient (Wildman–Crippen LogP) is 4.75. The topological polar surface area (TPSA) is 60.7 Å². The molecule has 34 heavy (non-hydrogen) atoms. The molecular weight excluding hydrogens is 468 g/mol. The number of halogens is 1. The highest BCUT2D eigenvalue weighted by Crippen LogP contribution is 2.34. The van der Waals surface area contributed by atoms with Gasteiger partial charge in [-0.05, 0) is 48.1 Å². The molecule has 4 rings (SSSR count). The van der Waals surface area contributed by atoms with E-state index in [4.69, 9.17) is 16.3 Å². The van der Waals surface area contributed by atoms with Gasteiger partial charge in [0.15, 0.2) is 4.80 Å². The summed E-state index contributed by atoms with van der Waals surface area (Å²) in [6.45, 7) is 10.2. The molecule has 1 aliphatic rings. The van der Waals surface area contributed by atoms with Crippen LogP contribution in [0, 0.1) is 0 Å². The second-order valence-electron chi connectivity index (χ2n) is 9.20. The van der Waals surface area contributed by atoms with Gasteiger partial charge in [-0.2, -0.15) is 0 Å². The summed E-state index contributed by atoms with van der Waals surface area (Å²) in [6.07, 6.45) is 1.86. The fourth-order valence-corrected chi connectivity index (χ4v) is 5.30. The lowest BCUT2D eigenvalue weighted by atomic mass is 9.87. The van der Waals surface area contributed by atoms with E-state index in [2.05, 4.69) is 37.9 Å². The number of carbonyl (C=O) groups excluding carboxylic acids is 1. The number of fused-ring (bicyclic) bond motifs is 1. The molecule has 0 bridgehead atoms. The lowest BCUT2D eigenvalue weighted by Gasteiger charge is -2.25. The third kappa shape index (κ3) is 4.52. The van der Waals surface area contributed by atoms with Crippen molar-refractivity contribution in [3.05, 3.63) is 101 Å². The van der Waals surface area contributed by atoms with Crippen molar-refractivity contribution < 1.29 is 9.53 Å². The number of hydrogen-bond donors (Lipinski definition) is 0. The van der Waals surface area contributed by atoms with E-state index in [-0.39, 0.29) is 17.6 Å². The van der Waals surface area contributed by atoms with Gasteiger partial charge in [0.2, 0.25) is 0 Å². The molecular formula is C27H27ClN2O3S. The Kier molecular flexibility index (Phi) is 6.65. The first-order chi connectivity index (χ1) is 16.1. The van der Waals surface area contributed by atoms with Crippen LogP contribution in [0.2, 0.25) is 5.02 Å². The number of thiazole rings is 1. The van der Waals surface area contributed by atoms with Gasteiger partial charge in [0.25, 0.3) is 5.56 Å². The first kappa shape index (κ1) is 24.2. The minimum absolute atomic E-state index is 0.0495. The van der Waals surface area contributed by atoms with Crippen LogP contribution in [-0.4, -0.2) is 17.1 Å². The number of hydrogen-bond acceptors (Lipinski definition) is 5. The van der Waals surface area contributed by atoms with Crippen molar-refractivity contribution in [3.8, 4) is 0 Å². The van der Waals surface area contributed by atoms with E-state index < -0.39 is 12.0 Å². The van der Waals surface area contributed by atoms with Crippen LogP contribution in [0.5, 0.6) is 0 Å². The van der Waals surface area contributed by atoms with E-state index in [1.807, 2.05) is 36.4 Å². The molecule has 7 heteroatoms. The van der Waals surface area contributed by atoms with Gasteiger partial charge in [-0.1, -0.05) is 86.2 Å². The van der Waals surface area contributed by atoms with Gasteiger partial charge in [-0.3, -0.25) is 9.36 Å². The van der Waals surface area contributed by atoms with Crippen molar-refractivity contribution in [2.75, 3.05) is 6.61 Å². The molecule has 5 nitrogen and oxygen atoms in total. The predicted molar refractivity (Wildman–Crippen MR) is 137 cm³/mol. The molecule has 1 atom stereocenters. The van der Waals surface area contributed by atoms with Crippen LogP contribution in [0.15, 0.2) is 69.6 Å². The highest BCUT2D eigenvalue weighted by molar-refractivity contribution is 7.07. The van der Waals surface area contributed by atoms with Crippen LogP contribution in [0.1, 0.15) is 57.4 Å². The third-order valence-electron chi connectivity index (χ3n) is 5.79. The molecule has 0 unspecified atom stereocenters. The van der Waals surface area contributed by atoms with Crippen LogP contribution in [0.4, 0.5) is 0 Å². The molecule has 2 aromatic carbocycles. The molecule has 0 amide bonds. The molecule has 1 aromatic heterocycles. The van der Waals surface area contributed by atoms with Gasteiger partial charge in [0, 0.05) is 5.02 Å². The molecule has 176 valence electrons. The van der Waals surface area contributed by atoms with Crippen molar-refractivity contribution in [1.29, 1.82) is 0 Å². The van der Waals surface area contributed by atoms with Crippen molar-refractivity contribution in [3.63, 3.8) is 0 Å². The third-order valence-corrected chi connectivity index (χ3v) is 7.12. The standard InChI is InChI=1S/C27H27ClN2O3S/c1-6-33-25(32)22-16(2)29-26-30(23(22)19-9-7-8-10-20(19)28)24(31)21(34-26)15-17-11-13-18(14-12-17)27(3,4)5/h7-15,23H,6H2,1-5H3/b21-15-/t23-/m0/s1. The molecule has 1 aliphatic heterocycles. The fraction of sp³-hybridized carbons (Fsp3) is 0.296. The van der Waals surface area contributed by atoms with E-state index in [1.54, 1.807) is 24.5 Å². The second-order valence-corrected chi connectivity index (χ2v) is 10.6. The van der Waals surface area contributed by atoms with Crippen LogP contribution in [0.25, 0.3) is 6.08 Å². The number of allylic oxidation sites excluding steroid dienone is 1. The number of aromatic nitrogens is 1. The molecule has 0 spiro atoms. The summed E-state index contributed by atoms with van der Waals surface area (Å²) in [5.74, 6) is -0.499. The molecule has 3 aromatic rings. The monoisotopic (exact) mass is 494 g/mol. The molecule has 0 fully saturated rings. The SMILES string of the molecule is CCOC(=O)C1=C(C)N=c2s/c(=C\c3ccc(C(C)(C)C)cc3)c(=O)n2[C@H]1c1ccccc1Cl. The van der Waals surface area contributed by atoms with Gasteiger partial charge in [-0.25, -0.2) is 9.79 Å². The van der Waals surface area contributed by atoms with Gasteiger partial charge in [-0.15, -0.1) is 0 Å². The van der Waals surface area contributed by atoms with Crippen molar-refractivity contribution in [2.24, 2.45) is 4.99 Å². The van der Waals surface area contributed by atoms with Crippen LogP contribution in [0.3, 0.4) is 0 Å². The lowest BCUT2D eigenvalue weighted by molar-refractivity contribution is -0.139. The maximum Gasteiger partial charge on any atom is 0.338 e. The van der Waals surface area contributed by atoms with Crippen LogP contribution < -0.4 is 14.9 Å². The van der Waals surface area contributed by atoms with Gasteiger partial charge >= 0.3 is 5.97 Å². The Balaban J connectivity index is 1.91. The molecule has 0 aliphatic carbocycles. The summed E-state index contributed by atoms with van der Waals surface area (Å²) in [7, 11) is 0. The number of benzene rings is 2. The Bertz CT molecular complexity index is 1460. The first-order valence-corrected chi connectivity index (χ1v) is 12.4. The Morgan fingerprint density at radius 1 is 1.18 bits per heavy atom. The number of rotatable bonds is 4. The minimum Gasteiger partial charge on any atom is -0.463 e. The Morgan fingerprint density at radius 3 is 2.47 bits per heavy atom. The van der Waals surface area contributed by atoms with E-state index in [0.29, 0.717) is 31.2 Å². The fourth-order valence-electron chi connectivity index (χ4n) is 4.01. The average Bonchev–Trinajstić information content (AvgIpc) is 3.07. The second kappa shape index (κ2) is 9.35. The summed E-state index contributed by atoms with van der Waals surface area (Å²) in [5.41, 5.74) is 3.47. The number of esters is 1. The Hall–Kier alpha value is -2.96. The van der Waals surface area contributed by atoms with E-state index in [1.165, 1.54) is 16.9 Å². The van der Waals surface area contributed by atoms with E-state index in [0.717, 1.165) is 5.56 Å². The molecule has 0 saturated carbocycles. The Labute approximate surface area is 207 Å². The zero-order valence-electron chi connectivity index (χ0n) is 19.9. The highest BCUT2D eigenvalue weighted by Gasteiger charge is 2.34. The molecule has 0 saturated heterocycles. The summed E-state index contributed by atoms with van der Waals surface area (Å²) < 4.78 is 7.41. The summed E-state index contributed by atoms with van der Waals surface area (Å²) in [6, 6.07) is 14.7. The Morgan fingerprint density at radius 2 is 1.85 bits per heavy atom.